The number of hydrogen-bond acceptors (Lipinski definition) is 5. The van der Waals surface area contributed by atoms with Gasteiger partial charge in [0.1, 0.15) is 16.5 Å². The van der Waals surface area contributed by atoms with Crippen LogP contribution in [0.3, 0.4) is 0 Å². The zero-order valence-electron chi connectivity index (χ0n) is 23.5. The van der Waals surface area contributed by atoms with E-state index in [9.17, 15) is 4.79 Å². The lowest BCUT2D eigenvalue weighted by atomic mass is 9.72. The molecule has 41 heavy (non-hydrogen) atoms. The molecule has 0 unspecified atom stereocenters. The highest BCUT2D eigenvalue weighted by molar-refractivity contribution is 6.69. The molecule has 0 radical (unpaired) electrons. The first kappa shape index (κ1) is 27.7. The molecule has 212 valence electrons. The van der Waals surface area contributed by atoms with Crippen LogP contribution in [0.5, 0.6) is 0 Å². The minimum absolute atomic E-state index is 0.0103. The Kier molecular flexibility index (Phi) is 7.07. The van der Waals surface area contributed by atoms with E-state index >= 15 is 0 Å². The highest BCUT2D eigenvalue weighted by atomic mass is 35.5. The molecule has 2 N–H and O–H groups in total. The van der Waals surface area contributed by atoms with Crippen molar-refractivity contribution >= 4 is 45.6 Å². The van der Waals surface area contributed by atoms with Gasteiger partial charge in [0.15, 0.2) is 5.82 Å². The minimum Gasteiger partial charge on any atom is -0.355 e. The second-order valence-corrected chi connectivity index (χ2v) is 13.3. The van der Waals surface area contributed by atoms with E-state index in [1.54, 1.807) is 12.3 Å². The smallest absolute Gasteiger partial charge is 0.221 e. The number of rotatable bonds is 5. The highest BCUT2D eigenvalue weighted by Gasteiger charge is 2.48. The number of hydrogen-bond donors (Lipinski definition) is 2. The Morgan fingerprint density at radius 1 is 1.12 bits per heavy atom. The Hall–Kier alpha value is -3.42. The summed E-state index contributed by atoms with van der Waals surface area (Å²) in [4.78, 5) is 24.9. The van der Waals surface area contributed by atoms with Gasteiger partial charge in [-0.3, -0.25) is 14.6 Å². The van der Waals surface area contributed by atoms with E-state index in [1.165, 1.54) is 11.1 Å². The normalized spacial score (nSPS) is 18.1. The molecule has 3 heterocycles. The predicted octanol–water partition coefficient (Wildman–Crippen LogP) is 7.05. The van der Waals surface area contributed by atoms with Gasteiger partial charge in [0.25, 0.3) is 0 Å². The van der Waals surface area contributed by atoms with E-state index < -0.39 is 0 Å². The number of carbonyl (C=O) groups excluding carboxylic acids is 1. The van der Waals surface area contributed by atoms with Crippen LogP contribution in [0, 0.1) is 16.2 Å². The van der Waals surface area contributed by atoms with Crippen molar-refractivity contribution in [3.05, 3.63) is 82.8 Å². The molecule has 2 aromatic carbocycles. The van der Waals surface area contributed by atoms with Crippen LogP contribution in [0.25, 0.3) is 16.9 Å². The Balaban J connectivity index is 1.28. The second kappa shape index (κ2) is 10.4. The number of aromatic nitrogens is 3. The number of fused-ring (bicyclic) bond motifs is 2. The maximum Gasteiger partial charge on any atom is 0.221 e. The van der Waals surface area contributed by atoms with Gasteiger partial charge in [0.05, 0.1) is 17.3 Å². The summed E-state index contributed by atoms with van der Waals surface area (Å²) in [5, 5.41) is 11.6. The third-order valence-corrected chi connectivity index (χ3v) is 9.10. The van der Waals surface area contributed by atoms with Crippen molar-refractivity contribution in [3.8, 4) is 11.4 Å². The predicted molar refractivity (Wildman–Crippen MR) is 165 cm³/mol. The molecule has 4 aromatic rings. The van der Waals surface area contributed by atoms with Gasteiger partial charge >= 0.3 is 0 Å². The average Bonchev–Trinajstić information content (AvgIpc) is 3.48. The summed E-state index contributed by atoms with van der Waals surface area (Å²) in [7, 11) is 0. The lowest BCUT2D eigenvalue weighted by molar-refractivity contribution is -0.124. The van der Waals surface area contributed by atoms with Gasteiger partial charge in [-0.2, -0.15) is 0 Å². The molecule has 1 spiro atoms. The van der Waals surface area contributed by atoms with Crippen molar-refractivity contribution in [2.45, 2.75) is 52.5 Å². The van der Waals surface area contributed by atoms with E-state index in [2.05, 4.69) is 55.3 Å². The van der Waals surface area contributed by atoms with Crippen molar-refractivity contribution in [2.24, 2.45) is 10.8 Å². The van der Waals surface area contributed by atoms with Gasteiger partial charge in [-0.15, -0.1) is 0 Å². The zero-order valence-corrected chi connectivity index (χ0v) is 25.1. The molecule has 6 rings (SSSR count). The molecule has 1 aliphatic carbocycles. The summed E-state index contributed by atoms with van der Waals surface area (Å²) in [6, 6.07) is 14.0. The first-order chi connectivity index (χ1) is 19.6. The number of nitrogens with one attached hydrogen (secondary N) is 2. The van der Waals surface area contributed by atoms with Crippen LogP contribution in [0.2, 0.25) is 5.02 Å². The molecular weight excluding hydrogens is 555 g/mol. The van der Waals surface area contributed by atoms with E-state index in [0.29, 0.717) is 28.4 Å². The third-order valence-electron chi connectivity index (χ3n) is 8.49. The van der Waals surface area contributed by atoms with Gasteiger partial charge in [-0.25, -0.2) is 9.97 Å². The summed E-state index contributed by atoms with van der Waals surface area (Å²) in [6.45, 7) is 7.96. The number of benzene rings is 2. The Bertz CT molecular complexity index is 1650. The lowest BCUT2D eigenvalue weighted by Gasteiger charge is -2.44. The maximum absolute atomic E-state index is 13.1. The molecule has 2 aromatic heterocycles. The quantitative estimate of drug-likeness (QED) is 0.244. The van der Waals surface area contributed by atoms with E-state index in [1.807, 2.05) is 28.9 Å². The van der Waals surface area contributed by atoms with Crippen LogP contribution >= 0.6 is 23.2 Å². The number of anilines is 1. The lowest BCUT2D eigenvalue weighted by Crippen LogP contribution is -2.47. The van der Waals surface area contributed by atoms with Crippen LogP contribution in [0.1, 0.15) is 62.8 Å². The van der Waals surface area contributed by atoms with Gasteiger partial charge in [-0.1, -0.05) is 80.4 Å². The van der Waals surface area contributed by atoms with Crippen molar-refractivity contribution in [1.82, 2.24) is 19.7 Å². The van der Waals surface area contributed by atoms with Crippen molar-refractivity contribution in [1.29, 1.82) is 5.41 Å². The monoisotopic (exact) mass is 588 g/mol. The van der Waals surface area contributed by atoms with Crippen LogP contribution in [0.15, 0.2) is 61.1 Å². The molecule has 0 saturated carbocycles. The number of nitrogens with zero attached hydrogens (tertiary/aromatic N) is 4. The van der Waals surface area contributed by atoms with Crippen LogP contribution < -0.4 is 10.2 Å². The standard InChI is InChI=1S/C32H34Cl2N6O/c1-31(2,3)18-25(41)38-27-21-8-5-4-7-20(21)17-32(27)11-14-39(15-12-32)30-24-19-37-29(40(24)16-13-36-30)23-10-6-9-22(26(23)33)28(34)35/h4-10,13,16,19,27,35H,11-12,14-15,17-18H2,1-3H3,(H,38,41)/t27-/m1/s1. The topological polar surface area (TPSA) is 86.4 Å². The van der Waals surface area contributed by atoms with Gasteiger partial charge in [0, 0.05) is 48.4 Å². The molecule has 0 bridgehead atoms. The molecule has 1 atom stereocenters. The summed E-state index contributed by atoms with van der Waals surface area (Å²) < 4.78 is 2.00. The van der Waals surface area contributed by atoms with Gasteiger partial charge in [-0.05, 0) is 41.9 Å². The van der Waals surface area contributed by atoms with Crippen LogP contribution in [-0.4, -0.2) is 38.5 Å². The van der Waals surface area contributed by atoms with E-state index in [-0.39, 0.29) is 27.9 Å². The second-order valence-electron chi connectivity index (χ2n) is 12.5. The fourth-order valence-electron chi connectivity index (χ4n) is 6.57. The average molecular weight is 590 g/mol. The number of piperidine rings is 1. The number of amides is 1. The fourth-order valence-corrected chi connectivity index (χ4v) is 7.08. The summed E-state index contributed by atoms with van der Waals surface area (Å²) in [5.41, 5.74) is 4.58. The van der Waals surface area contributed by atoms with Crippen LogP contribution in [-0.2, 0) is 11.2 Å². The van der Waals surface area contributed by atoms with Gasteiger partial charge in [0.2, 0.25) is 5.91 Å². The largest absolute Gasteiger partial charge is 0.355 e. The zero-order chi connectivity index (χ0) is 28.9. The molecule has 9 heteroatoms. The third kappa shape index (κ3) is 5.10. The van der Waals surface area contributed by atoms with E-state index in [4.69, 9.17) is 38.6 Å². The molecule has 1 fully saturated rings. The molecular formula is C32H34Cl2N6O. The molecule has 7 nitrogen and oxygen atoms in total. The SMILES string of the molecule is CC(C)(C)CC(=O)N[C@@H]1c2ccccc2CC12CCN(c1nccn3c(-c4cccc(C(=N)Cl)c4Cl)ncc13)CC2. The van der Waals surface area contributed by atoms with Crippen molar-refractivity contribution in [2.75, 3.05) is 18.0 Å². The minimum atomic E-state index is -0.107. The first-order valence-electron chi connectivity index (χ1n) is 14.0. The fraction of sp³-hybridized carbons (Fsp3) is 0.375. The number of imidazole rings is 1. The maximum atomic E-state index is 13.1. The molecule has 1 aliphatic heterocycles. The summed E-state index contributed by atoms with van der Waals surface area (Å²) >= 11 is 12.6. The number of carbonyl (C=O) groups is 1. The molecule has 1 amide bonds. The Labute approximate surface area is 250 Å². The number of halogens is 2. The van der Waals surface area contributed by atoms with Crippen molar-refractivity contribution in [3.63, 3.8) is 0 Å². The highest BCUT2D eigenvalue weighted by Crippen LogP contribution is 2.52. The Morgan fingerprint density at radius 3 is 2.61 bits per heavy atom. The summed E-state index contributed by atoms with van der Waals surface area (Å²) in [6.07, 6.45) is 8.86. The van der Waals surface area contributed by atoms with Crippen LogP contribution in [0.4, 0.5) is 5.82 Å². The molecule has 1 saturated heterocycles. The van der Waals surface area contributed by atoms with Crippen molar-refractivity contribution < 1.29 is 4.79 Å². The van der Waals surface area contributed by atoms with Gasteiger partial charge < -0.3 is 10.2 Å². The van der Waals surface area contributed by atoms with E-state index in [0.717, 1.165) is 43.7 Å². The molecule has 2 aliphatic rings. The first-order valence-corrected chi connectivity index (χ1v) is 14.8. The Morgan fingerprint density at radius 2 is 1.88 bits per heavy atom. The summed E-state index contributed by atoms with van der Waals surface area (Å²) in [5.74, 6) is 1.67.